The van der Waals surface area contributed by atoms with Crippen LogP contribution in [-0.2, 0) is 0 Å². The summed E-state index contributed by atoms with van der Waals surface area (Å²) in [5.74, 6) is 1.48. The summed E-state index contributed by atoms with van der Waals surface area (Å²) < 4.78 is 5.68. The highest BCUT2D eigenvalue weighted by Crippen LogP contribution is 2.33. The topological polar surface area (TPSA) is 73.1 Å². The predicted molar refractivity (Wildman–Crippen MR) is 103 cm³/mol. The Bertz CT molecular complexity index is 881. The average Bonchev–Trinajstić information content (AvgIpc) is 2.58. The number of hydrogen-bond acceptors (Lipinski definition) is 5. The normalized spacial score (nSPS) is 10.5. The minimum atomic E-state index is 0.175. The van der Waals surface area contributed by atoms with Gasteiger partial charge >= 0.3 is 0 Å². The van der Waals surface area contributed by atoms with Crippen LogP contribution in [0.15, 0.2) is 48.5 Å². The standard InChI is InChI=1S/C19H19ClN4O/c1-3-25-17-9-6-13(20)10-15(17)16-11-18(24-19(21)23-16)22-14-7-4-12(2)5-8-14/h4-11H,3H2,1-2H3,(H3,21,22,23,24). The van der Waals surface area contributed by atoms with Gasteiger partial charge in [0, 0.05) is 22.3 Å². The van der Waals surface area contributed by atoms with Crippen LogP contribution in [0.5, 0.6) is 5.75 Å². The molecule has 2 aromatic carbocycles. The first-order valence-electron chi connectivity index (χ1n) is 7.96. The minimum absolute atomic E-state index is 0.175. The molecule has 0 radical (unpaired) electrons. The Balaban J connectivity index is 1.99. The number of aryl methyl sites for hydroxylation is 1. The molecule has 3 rings (SSSR count). The van der Waals surface area contributed by atoms with Crippen LogP contribution in [0, 0.1) is 6.92 Å². The number of halogens is 1. The summed E-state index contributed by atoms with van der Waals surface area (Å²) in [6, 6.07) is 15.3. The summed E-state index contributed by atoms with van der Waals surface area (Å²) in [6.45, 7) is 4.51. The molecule has 0 atom stereocenters. The molecule has 1 aromatic heterocycles. The number of aromatic nitrogens is 2. The van der Waals surface area contributed by atoms with Gasteiger partial charge in [-0.1, -0.05) is 29.3 Å². The summed E-state index contributed by atoms with van der Waals surface area (Å²) in [5, 5.41) is 3.84. The van der Waals surface area contributed by atoms with E-state index in [9.17, 15) is 0 Å². The van der Waals surface area contributed by atoms with Gasteiger partial charge in [-0.15, -0.1) is 0 Å². The van der Waals surface area contributed by atoms with Crippen LogP contribution >= 0.6 is 11.6 Å². The lowest BCUT2D eigenvalue weighted by Gasteiger charge is -2.12. The Morgan fingerprint density at radius 2 is 1.84 bits per heavy atom. The van der Waals surface area contributed by atoms with E-state index in [-0.39, 0.29) is 5.95 Å². The monoisotopic (exact) mass is 354 g/mol. The lowest BCUT2D eigenvalue weighted by molar-refractivity contribution is 0.341. The molecule has 25 heavy (non-hydrogen) atoms. The first kappa shape index (κ1) is 17.0. The zero-order valence-corrected chi connectivity index (χ0v) is 14.8. The summed E-state index contributed by atoms with van der Waals surface area (Å²) in [6.07, 6.45) is 0. The second kappa shape index (κ2) is 7.40. The van der Waals surface area contributed by atoms with Gasteiger partial charge in [0.25, 0.3) is 0 Å². The molecule has 0 unspecified atom stereocenters. The van der Waals surface area contributed by atoms with Gasteiger partial charge in [0.05, 0.1) is 12.3 Å². The van der Waals surface area contributed by atoms with Crippen molar-refractivity contribution < 1.29 is 4.74 Å². The SMILES string of the molecule is CCOc1ccc(Cl)cc1-c1cc(Nc2ccc(C)cc2)nc(N)n1. The summed E-state index contributed by atoms with van der Waals surface area (Å²) >= 11 is 6.15. The van der Waals surface area contributed by atoms with Crippen molar-refractivity contribution in [1.82, 2.24) is 9.97 Å². The van der Waals surface area contributed by atoms with Crippen molar-refractivity contribution in [1.29, 1.82) is 0 Å². The number of nitrogens with one attached hydrogen (secondary N) is 1. The lowest BCUT2D eigenvalue weighted by Crippen LogP contribution is -2.02. The van der Waals surface area contributed by atoms with E-state index in [4.69, 9.17) is 22.1 Å². The second-order valence-electron chi connectivity index (χ2n) is 5.56. The van der Waals surface area contributed by atoms with Crippen LogP contribution < -0.4 is 15.8 Å². The highest BCUT2D eigenvalue weighted by molar-refractivity contribution is 6.31. The molecule has 0 saturated heterocycles. The molecule has 0 aliphatic rings. The quantitative estimate of drug-likeness (QED) is 0.686. The molecule has 0 bridgehead atoms. The molecule has 0 amide bonds. The lowest BCUT2D eigenvalue weighted by atomic mass is 10.1. The molecule has 5 nitrogen and oxygen atoms in total. The van der Waals surface area contributed by atoms with Crippen LogP contribution in [0.3, 0.4) is 0 Å². The van der Waals surface area contributed by atoms with Gasteiger partial charge in [-0.25, -0.2) is 4.98 Å². The maximum absolute atomic E-state index is 6.15. The fourth-order valence-electron chi connectivity index (χ4n) is 2.44. The number of ether oxygens (including phenoxy) is 1. The Morgan fingerprint density at radius 3 is 2.56 bits per heavy atom. The molecule has 0 aliphatic carbocycles. The minimum Gasteiger partial charge on any atom is -0.493 e. The fraction of sp³-hybridized carbons (Fsp3) is 0.158. The predicted octanol–water partition coefficient (Wildman–Crippen LogP) is 4.83. The Labute approximate surface area is 151 Å². The largest absolute Gasteiger partial charge is 0.493 e. The highest BCUT2D eigenvalue weighted by Gasteiger charge is 2.12. The van der Waals surface area contributed by atoms with Gasteiger partial charge in [0.15, 0.2) is 0 Å². The van der Waals surface area contributed by atoms with Gasteiger partial charge in [0.1, 0.15) is 11.6 Å². The zero-order valence-electron chi connectivity index (χ0n) is 14.1. The number of anilines is 3. The molecule has 1 heterocycles. The van der Waals surface area contributed by atoms with Gasteiger partial charge in [0.2, 0.25) is 5.95 Å². The van der Waals surface area contributed by atoms with Crippen LogP contribution in [0.25, 0.3) is 11.3 Å². The van der Waals surface area contributed by atoms with E-state index in [1.165, 1.54) is 5.56 Å². The Kier molecular flexibility index (Phi) is 5.05. The molecular weight excluding hydrogens is 336 g/mol. The van der Waals surface area contributed by atoms with E-state index < -0.39 is 0 Å². The van der Waals surface area contributed by atoms with Crippen LogP contribution in [-0.4, -0.2) is 16.6 Å². The first-order valence-corrected chi connectivity index (χ1v) is 8.34. The first-order chi connectivity index (χ1) is 12.0. The van der Waals surface area contributed by atoms with Crippen LogP contribution in [0.1, 0.15) is 12.5 Å². The van der Waals surface area contributed by atoms with Crippen molar-refractivity contribution in [2.45, 2.75) is 13.8 Å². The average molecular weight is 355 g/mol. The Morgan fingerprint density at radius 1 is 1.08 bits per heavy atom. The Hall–Kier alpha value is -2.79. The van der Waals surface area contributed by atoms with E-state index >= 15 is 0 Å². The molecule has 0 fully saturated rings. The molecular formula is C19H19ClN4O. The smallest absolute Gasteiger partial charge is 0.222 e. The van der Waals surface area contributed by atoms with Crippen molar-refractivity contribution in [2.24, 2.45) is 0 Å². The van der Waals surface area contributed by atoms with Crippen molar-refractivity contribution in [2.75, 3.05) is 17.7 Å². The van der Waals surface area contributed by atoms with Gasteiger partial charge in [-0.3, -0.25) is 0 Å². The van der Waals surface area contributed by atoms with E-state index in [1.54, 1.807) is 6.07 Å². The third kappa shape index (κ3) is 4.19. The molecule has 6 heteroatoms. The van der Waals surface area contributed by atoms with Gasteiger partial charge in [-0.2, -0.15) is 4.98 Å². The number of rotatable bonds is 5. The highest BCUT2D eigenvalue weighted by atomic mass is 35.5. The number of benzene rings is 2. The maximum atomic E-state index is 6.15. The number of hydrogen-bond donors (Lipinski definition) is 2. The molecule has 0 aliphatic heterocycles. The third-order valence-electron chi connectivity index (χ3n) is 3.58. The van der Waals surface area contributed by atoms with E-state index in [2.05, 4.69) is 15.3 Å². The van der Waals surface area contributed by atoms with E-state index in [0.717, 1.165) is 11.3 Å². The second-order valence-corrected chi connectivity index (χ2v) is 6.00. The molecule has 3 N–H and O–H groups in total. The number of nitrogen functional groups attached to an aromatic ring is 1. The fourth-order valence-corrected chi connectivity index (χ4v) is 2.61. The summed E-state index contributed by atoms with van der Waals surface area (Å²) in [7, 11) is 0. The molecule has 0 saturated carbocycles. The molecule has 128 valence electrons. The van der Waals surface area contributed by atoms with Crippen molar-refractivity contribution in [3.8, 4) is 17.0 Å². The maximum Gasteiger partial charge on any atom is 0.222 e. The van der Waals surface area contributed by atoms with Crippen molar-refractivity contribution in [3.05, 3.63) is 59.1 Å². The zero-order chi connectivity index (χ0) is 17.8. The van der Waals surface area contributed by atoms with Crippen LogP contribution in [0.4, 0.5) is 17.5 Å². The van der Waals surface area contributed by atoms with Gasteiger partial charge < -0.3 is 15.8 Å². The number of nitrogens with two attached hydrogens (primary N) is 1. The van der Waals surface area contributed by atoms with Crippen molar-refractivity contribution >= 4 is 29.1 Å². The summed E-state index contributed by atoms with van der Waals surface area (Å²) in [5.41, 5.74) is 9.43. The number of nitrogens with zero attached hydrogens (tertiary/aromatic N) is 2. The third-order valence-corrected chi connectivity index (χ3v) is 3.82. The van der Waals surface area contributed by atoms with Gasteiger partial charge in [-0.05, 0) is 44.2 Å². The summed E-state index contributed by atoms with van der Waals surface area (Å²) in [4.78, 5) is 8.59. The molecule has 0 spiro atoms. The van der Waals surface area contributed by atoms with Crippen molar-refractivity contribution in [3.63, 3.8) is 0 Å². The van der Waals surface area contributed by atoms with E-state index in [1.807, 2.05) is 56.3 Å². The molecule has 3 aromatic rings. The van der Waals surface area contributed by atoms with E-state index in [0.29, 0.717) is 28.9 Å². The van der Waals surface area contributed by atoms with Crippen LogP contribution in [0.2, 0.25) is 5.02 Å².